The lowest BCUT2D eigenvalue weighted by molar-refractivity contribution is 0.169. The van der Waals surface area contributed by atoms with Crippen molar-refractivity contribution in [1.82, 2.24) is 25.1 Å². The standard InChI is InChI=1S/C22H25N5O4/c1-30-19-5-3-2-4-18(19)27-12-16(10-25-27)21-20(11-23-14-24-21)31-13-15-6-8-17(9-7-15)26-22(28)29/h2-5,10-12,14-15,17,26H,6-9,13H2,1H3,(H,28,29). The molecule has 1 saturated carbocycles. The molecule has 0 unspecified atom stereocenters. The average molecular weight is 423 g/mol. The Hall–Kier alpha value is -3.62. The molecule has 0 saturated heterocycles. The Morgan fingerprint density at radius 1 is 1.19 bits per heavy atom. The second-order valence-electron chi connectivity index (χ2n) is 7.56. The SMILES string of the molecule is COc1ccccc1-n1cc(-c2ncncc2OCC2CCC(NC(=O)O)CC2)cn1. The Bertz CT molecular complexity index is 1030. The first kappa shape index (κ1) is 20.6. The lowest BCUT2D eigenvalue weighted by Gasteiger charge is -2.28. The molecule has 1 aliphatic rings. The van der Waals surface area contributed by atoms with E-state index in [1.54, 1.807) is 24.2 Å². The first-order valence-corrected chi connectivity index (χ1v) is 10.2. The van der Waals surface area contributed by atoms with Crippen molar-refractivity contribution in [2.24, 2.45) is 5.92 Å². The van der Waals surface area contributed by atoms with Crippen molar-refractivity contribution in [3.05, 3.63) is 49.2 Å². The third kappa shape index (κ3) is 4.93. The first-order valence-electron chi connectivity index (χ1n) is 10.2. The topological polar surface area (TPSA) is 111 Å². The summed E-state index contributed by atoms with van der Waals surface area (Å²) in [4.78, 5) is 19.3. The average Bonchev–Trinajstić information content (AvgIpc) is 3.28. The Labute approximate surface area is 180 Å². The van der Waals surface area contributed by atoms with E-state index in [4.69, 9.17) is 14.6 Å². The highest BCUT2D eigenvalue weighted by Gasteiger charge is 2.23. The lowest BCUT2D eigenvalue weighted by atomic mass is 9.86. The van der Waals surface area contributed by atoms with Crippen molar-refractivity contribution in [3.63, 3.8) is 0 Å². The highest BCUT2D eigenvalue weighted by Crippen LogP contribution is 2.31. The fraction of sp³-hybridized carbons (Fsp3) is 0.364. The molecule has 0 aliphatic heterocycles. The molecule has 1 amide bonds. The number of aromatic nitrogens is 4. The molecule has 2 N–H and O–H groups in total. The predicted octanol–water partition coefficient (Wildman–Crippen LogP) is 3.54. The molecule has 1 aliphatic carbocycles. The maximum atomic E-state index is 10.8. The fourth-order valence-corrected chi connectivity index (χ4v) is 3.89. The van der Waals surface area contributed by atoms with Crippen LogP contribution >= 0.6 is 0 Å². The fourth-order valence-electron chi connectivity index (χ4n) is 3.89. The summed E-state index contributed by atoms with van der Waals surface area (Å²) in [6.07, 6.45) is 9.30. The number of carbonyl (C=O) groups is 1. The minimum Gasteiger partial charge on any atom is -0.494 e. The number of hydrogen-bond acceptors (Lipinski definition) is 6. The largest absolute Gasteiger partial charge is 0.494 e. The van der Waals surface area contributed by atoms with Gasteiger partial charge in [-0.3, -0.25) is 0 Å². The van der Waals surface area contributed by atoms with Gasteiger partial charge in [0.25, 0.3) is 0 Å². The molecule has 0 spiro atoms. The molecule has 9 nitrogen and oxygen atoms in total. The van der Waals surface area contributed by atoms with Crippen LogP contribution in [0.4, 0.5) is 4.79 Å². The van der Waals surface area contributed by atoms with Crippen molar-refractivity contribution in [1.29, 1.82) is 0 Å². The molecule has 2 heterocycles. The summed E-state index contributed by atoms with van der Waals surface area (Å²) >= 11 is 0. The van der Waals surface area contributed by atoms with Crippen molar-refractivity contribution in [2.75, 3.05) is 13.7 Å². The molecule has 0 atom stereocenters. The van der Waals surface area contributed by atoms with Gasteiger partial charge in [0, 0.05) is 17.8 Å². The number of para-hydroxylation sites is 2. The van der Waals surface area contributed by atoms with Crippen molar-refractivity contribution in [3.8, 4) is 28.4 Å². The number of hydrogen-bond donors (Lipinski definition) is 2. The number of methoxy groups -OCH3 is 1. The van der Waals surface area contributed by atoms with Crippen LogP contribution in [-0.4, -0.2) is 50.7 Å². The van der Waals surface area contributed by atoms with Gasteiger partial charge in [-0.1, -0.05) is 12.1 Å². The molecule has 0 bridgehead atoms. The number of nitrogens with zero attached hydrogens (tertiary/aromatic N) is 4. The Morgan fingerprint density at radius 2 is 2.00 bits per heavy atom. The van der Waals surface area contributed by atoms with E-state index in [1.807, 2.05) is 30.5 Å². The molecule has 3 aromatic rings. The third-order valence-corrected chi connectivity index (χ3v) is 5.52. The van der Waals surface area contributed by atoms with Crippen LogP contribution in [0.5, 0.6) is 11.5 Å². The molecule has 4 rings (SSSR count). The number of rotatable bonds is 7. The summed E-state index contributed by atoms with van der Waals surface area (Å²) in [6.45, 7) is 0.542. The van der Waals surface area contributed by atoms with Crippen LogP contribution in [0, 0.1) is 5.92 Å². The minimum atomic E-state index is -0.959. The van der Waals surface area contributed by atoms with Gasteiger partial charge in [0.2, 0.25) is 0 Å². The van der Waals surface area contributed by atoms with E-state index in [2.05, 4.69) is 20.4 Å². The van der Waals surface area contributed by atoms with E-state index in [0.717, 1.165) is 42.7 Å². The molecule has 9 heteroatoms. The first-order chi connectivity index (χ1) is 15.1. The van der Waals surface area contributed by atoms with Gasteiger partial charge in [-0.25, -0.2) is 19.4 Å². The molecular formula is C22H25N5O4. The maximum absolute atomic E-state index is 10.8. The zero-order valence-electron chi connectivity index (χ0n) is 17.3. The number of ether oxygens (including phenoxy) is 2. The van der Waals surface area contributed by atoms with Gasteiger partial charge in [-0.2, -0.15) is 5.10 Å². The summed E-state index contributed by atoms with van der Waals surface area (Å²) in [5, 5.41) is 15.9. The normalized spacial score (nSPS) is 18.4. The summed E-state index contributed by atoms with van der Waals surface area (Å²) in [7, 11) is 1.63. The van der Waals surface area contributed by atoms with Crippen LogP contribution in [0.15, 0.2) is 49.2 Å². The number of nitrogens with one attached hydrogen (secondary N) is 1. The van der Waals surface area contributed by atoms with E-state index in [1.165, 1.54) is 6.33 Å². The third-order valence-electron chi connectivity index (χ3n) is 5.52. The molecule has 2 aromatic heterocycles. The van der Waals surface area contributed by atoms with Crippen LogP contribution in [0.2, 0.25) is 0 Å². The number of benzene rings is 1. The summed E-state index contributed by atoms with van der Waals surface area (Å²) in [6, 6.07) is 7.69. The van der Waals surface area contributed by atoms with E-state index in [-0.39, 0.29) is 6.04 Å². The number of carboxylic acid groups (broad SMARTS) is 1. The molecular weight excluding hydrogens is 398 g/mol. The van der Waals surface area contributed by atoms with E-state index >= 15 is 0 Å². The van der Waals surface area contributed by atoms with Crippen molar-refractivity contribution < 1.29 is 19.4 Å². The Balaban J connectivity index is 1.44. The second-order valence-corrected chi connectivity index (χ2v) is 7.56. The van der Waals surface area contributed by atoms with E-state index in [9.17, 15) is 4.79 Å². The summed E-state index contributed by atoms with van der Waals surface area (Å²) in [5.41, 5.74) is 2.33. The van der Waals surface area contributed by atoms with E-state index < -0.39 is 6.09 Å². The van der Waals surface area contributed by atoms with Crippen molar-refractivity contribution >= 4 is 6.09 Å². The second kappa shape index (κ2) is 9.46. The van der Waals surface area contributed by atoms with Gasteiger partial charge < -0.3 is 19.9 Å². The highest BCUT2D eigenvalue weighted by atomic mass is 16.5. The smallest absolute Gasteiger partial charge is 0.404 e. The van der Waals surface area contributed by atoms with Crippen LogP contribution < -0.4 is 14.8 Å². The maximum Gasteiger partial charge on any atom is 0.404 e. The van der Waals surface area contributed by atoms with Crippen LogP contribution in [0.25, 0.3) is 16.9 Å². The zero-order chi connectivity index (χ0) is 21.6. The van der Waals surface area contributed by atoms with E-state index in [0.29, 0.717) is 24.0 Å². The van der Waals surface area contributed by atoms with Gasteiger partial charge in [0.05, 0.1) is 26.1 Å². The van der Waals surface area contributed by atoms with Gasteiger partial charge in [-0.05, 0) is 43.7 Å². The molecule has 1 aromatic carbocycles. The molecule has 162 valence electrons. The summed E-state index contributed by atoms with van der Waals surface area (Å²) in [5.74, 6) is 1.70. The Kier molecular flexibility index (Phi) is 6.30. The van der Waals surface area contributed by atoms with Gasteiger partial charge in [-0.15, -0.1) is 0 Å². The minimum absolute atomic E-state index is 0.0326. The van der Waals surface area contributed by atoms with Gasteiger partial charge >= 0.3 is 6.09 Å². The highest BCUT2D eigenvalue weighted by molar-refractivity contribution is 5.65. The monoisotopic (exact) mass is 423 g/mol. The van der Waals surface area contributed by atoms with Crippen LogP contribution in [0.3, 0.4) is 0 Å². The molecule has 1 fully saturated rings. The lowest BCUT2D eigenvalue weighted by Crippen LogP contribution is -2.37. The zero-order valence-corrected chi connectivity index (χ0v) is 17.3. The van der Waals surface area contributed by atoms with Gasteiger partial charge in [0.1, 0.15) is 23.5 Å². The molecule has 0 radical (unpaired) electrons. The quantitative estimate of drug-likeness (QED) is 0.598. The number of amides is 1. The molecule has 31 heavy (non-hydrogen) atoms. The Morgan fingerprint density at radius 3 is 2.77 bits per heavy atom. The summed E-state index contributed by atoms with van der Waals surface area (Å²) < 4.78 is 13.3. The van der Waals surface area contributed by atoms with Crippen molar-refractivity contribution in [2.45, 2.75) is 31.7 Å². The van der Waals surface area contributed by atoms with Crippen LogP contribution in [-0.2, 0) is 0 Å². The van der Waals surface area contributed by atoms with Gasteiger partial charge in [0.15, 0.2) is 5.75 Å². The van der Waals surface area contributed by atoms with Crippen LogP contribution in [0.1, 0.15) is 25.7 Å². The predicted molar refractivity (Wildman–Crippen MR) is 114 cm³/mol.